The van der Waals surface area contributed by atoms with Gasteiger partial charge < -0.3 is 5.32 Å². The average Bonchev–Trinajstić information content (AvgIpc) is 2.97. The van der Waals surface area contributed by atoms with Crippen molar-refractivity contribution < 1.29 is 0 Å². The predicted molar refractivity (Wildman–Crippen MR) is 80.5 cm³/mol. The minimum absolute atomic E-state index is 0.597. The number of nitrogens with one attached hydrogen (secondary N) is 1. The first-order chi connectivity index (χ1) is 10.3. The summed E-state index contributed by atoms with van der Waals surface area (Å²) in [6, 6.07) is 15.9. The van der Waals surface area contributed by atoms with Gasteiger partial charge in [0.05, 0.1) is 5.52 Å². The Balaban J connectivity index is 1.92. The molecule has 0 saturated heterocycles. The Bertz CT molecular complexity index is 943. The van der Waals surface area contributed by atoms with Gasteiger partial charge in [0.1, 0.15) is 0 Å². The van der Waals surface area contributed by atoms with Crippen molar-refractivity contribution in [1.82, 2.24) is 25.0 Å². The largest absolute Gasteiger partial charge is 0.324 e. The molecule has 21 heavy (non-hydrogen) atoms. The van der Waals surface area contributed by atoms with Crippen LogP contribution in [0.2, 0.25) is 0 Å². The smallest absolute Gasteiger partial charge is 0.232 e. The molecular weight excluding hydrogens is 264 g/mol. The molecule has 0 amide bonds. The lowest BCUT2D eigenvalue weighted by atomic mass is 10.2. The Kier molecular flexibility index (Phi) is 2.53. The summed E-state index contributed by atoms with van der Waals surface area (Å²) < 4.78 is 1.62. The van der Waals surface area contributed by atoms with Crippen molar-refractivity contribution in [3.63, 3.8) is 0 Å². The SMILES string of the molecule is Cc1cccc(Nc2nc3ccccc3c3nnnn23)c1. The van der Waals surface area contributed by atoms with Crippen LogP contribution in [0.15, 0.2) is 48.5 Å². The first-order valence-electron chi connectivity index (χ1n) is 6.62. The summed E-state index contributed by atoms with van der Waals surface area (Å²) in [5, 5.41) is 16.1. The van der Waals surface area contributed by atoms with Gasteiger partial charge in [-0.25, -0.2) is 4.98 Å². The second kappa shape index (κ2) is 4.52. The van der Waals surface area contributed by atoms with E-state index >= 15 is 0 Å². The van der Waals surface area contributed by atoms with Crippen molar-refractivity contribution in [3.05, 3.63) is 54.1 Å². The molecule has 0 saturated carbocycles. The Morgan fingerprint density at radius 3 is 2.86 bits per heavy atom. The van der Waals surface area contributed by atoms with E-state index in [0.29, 0.717) is 11.6 Å². The molecule has 6 nitrogen and oxygen atoms in total. The van der Waals surface area contributed by atoms with Crippen molar-refractivity contribution in [2.24, 2.45) is 0 Å². The van der Waals surface area contributed by atoms with Crippen LogP contribution in [-0.4, -0.2) is 25.0 Å². The number of fused-ring (bicyclic) bond motifs is 3. The molecule has 6 heteroatoms. The molecule has 0 bridgehead atoms. The van der Waals surface area contributed by atoms with E-state index in [4.69, 9.17) is 0 Å². The van der Waals surface area contributed by atoms with Crippen LogP contribution < -0.4 is 5.32 Å². The number of anilines is 2. The van der Waals surface area contributed by atoms with Gasteiger partial charge >= 0.3 is 0 Å². The lowest BCUT2D eigenvalue weighted by molar-refractivity contribution is 0.819. The standard InChI is InChI=1S/C15H12N6/c1-10-5-4-6-11(9-10)16-15-17-13-8-3-2-7-12(13)14-18-19-20-21(14)15/h2-9H,1H3,(H,16,17). The second-order valence-corrected chi connectivity index (χ2v) is 4.86. The topological polar surface area (TPSA) is 68.0 Å². The van der Waals surface area contributed by atoms with Gasteiger partial charge in [0.15, 0.2) is 5.65 Å². The van der Waals surface area contributed by atoms with Crippen LogP contribution >= 0.6 is 0 Å². The van der Waals surface area contributed by atoms with Crippen molar-refractivity contribution in [3.8, 4) is 0 Å². The number of nitrogens with zero attached hydrogens (tertiary/aromatic N) is 5. The number of hydrogen-bond acceptors (Lipinski definition) is 5. The third-order valence-electron chi connectivity index (χ3n) is 3.32. The van der Waals surface area contributed by atoms with E-state index in [2.05, 4.69) is 25.8 Å². The fourth-order valence-corrected chi connectivity index (χ4v) is 2.35. The zero-order valence-electron chi connectivity index (χ0n) is 11.4. The van der Waals surface area contributed by atoms with Gasteiger partial charge in [-0.1, -0.05) is 24.3 Å². The van der Waals surface area contributed by atoms with Crippen LogP contribution in [0.25, 0.3) is 16.6 Å². The molecule has 0 fully saturated rings. The number of rotatable bonds is 2. The summed E-state index contributed by atoms with van der Waals surface area (Å²) in [5.74, 6) is 0.597. The highest BCUT2D eigenvalue weighted by Gasteiger charge is 2.10. The first-order valence-corrected chi connectivity index (χ1v) is 6.62. The zero-order valence-corrected chi connectivity index (χ0v) is 11.4. The molecule has 0 atom stereocenters. The molecule has 4 rings (SSSR count). The Morgan fingerprint density at radius 1 is 1.05 bits per heavy atom. The van der Waals surface area contributed by atoms with Crippen LogP contribution in [0.1, 0.15) is 5.56 Å². The maximum absolute atomic E-state index is 4.61. The Morgan fingerprint density at radius 2 is 1.95 bits per heavy atom. The minimum atomic E-state index is 0.597. The van der Waals surface area contributed by atoms with E-state index in [0.717, 1.165) is 16.6 Å². The Hall–Kier alpha value is -3.02. The molecule has 0 radical (unpaired) electrons. The monoisotopic (exact) mass is 276 g/mol. The molecule has 102 valence electrons. The zero-order chi connectivity index (χ0) is 14.2. The van der Waals surface area contributed by atoms with Gasteiger partial charge in [0.25, 0.3) is 0 Å². The van der Waals surface area contributed by atoms with E-state index in [-0.39, 0.29) is 0 Å². The number of para-hydroxylation sites is 1. The minimum Gasteiger partial charge on any atom is -0.324 e. The van der Waals surface area contributed by atoms with Crippen molar-refractivity contribution >= 4 is 28.2 Å². The quantitative estimate of drug-likeness (QED) is 0.609. The highest BCUT2D eigenvalue weighted by molar-refractivity contribution is 5.92. The summed E-state index contributed by atoms with van der Waals surface area (Å²) in [4.78, 5) is 4.61. The molecule has 1 N–H and O–H groups in total. The fourth-order valence-electron chi connectivity index (χ4n) is 2.35. The fraction of sp³-hybridized carbons (Fsp3) is 0.0667. The average molecular weight is 276 g/mol. The van der Waals surface area contributed by atoms with Gasteiger partial charge in [-0.2, -0.15) is 4.52 Å². The number of tetrazole rings is 1. The number of aryl methyl sites for hydroxylation is 1. The summed E-state index contributed by atoms with van der Waals surface area (Å²) in [5.41, 5.74) is 3.68. The summed E-state index contributed by atoms with van der Waals surface area (Å²) in [6.45, 7) is 2.05. The molecule has 4 aromatic rings. The molecule has 0 unspecified atom stereocenters. The molecule has 2 heterocycles. The summed E-state index contributed by atoms with van der Waals surface area (Å²) >= 11 is 0. The van der Waals surface area contributed by atoms with Crippen LogP contribution in [0.3, 0.4) is 0 Å². The van der Waals surface area contributed by atoms with E-state index in [1.807, 2.05) is 55.5 Å². The van der Waals surface area contributed by atoms with Gasteiger partial charge in [-0.3, -0.25) is 0 Å². The third kappa shape index (κ3) is 1.97. The van der Waals surface area contributed by atoms with Crippen LogP contribution in [-0.2, 0) is 0 Å². The second-order valence-electron chi connectivity index (χ2n) is 4.86. The predicted octanol–water partition coefficient (Wildman–Crippen LogP) is 2.72. The van der Waals surface area contributed by atoms with Crippen molar-refractivity contribution in [2.45, 2.75) is 6.92 Å². The number of benzene rings is 2. The molecule has 0 aliphatic heterocycles. The maximum Gasteiger partial charge on any atom is 0.232 e. The normalized spacial score (nSPS) is 11.1. The van der Waals surface area contributed by atoms with E-state index in [1.54, 1.807) is 4.52 Å². The van der Waals surface area contributed by atoms with E-state index in [9.17, 15) is 0 Å². The van der Waals surface area contributed by atoms with Gasteiger partial charge in [-0.15, -0.1) is 5.10 Å². The molecule has 0 spiro atoms. The molecular formula is C15H12N6. The van der Waals surface area contributed by atoms with Crippen LogP contribution in [0.5, 0.6) is 0 Å². The maximum atomic E-state index is 4.61. The van der Waals surface area contributed by atoms with E-state index in [1.165, 1.54) is 5.56 Å². The number of aromatic nitrogens is 5. The van der Waals surface area contributed by atoms with Gasteiger partial charge in [0, 0.05) is 11.1 Å². The van der Waals surface area contributed by atoms with Crippen LogP contribution in [0, 0.1) is 6.92 Å². The first kappa shape index (κ1) is 11.8. The van der Waals surface area contributed by atoms with Gasteiger partial charge in [-0.05, 0) is 47.2 Å². The summed E-state index contributed by atoms with van der Waals surface area (Å²) in [6.07, 6.45) is 0. The lowest BCUT2D eigenvalue weighted by Crippen LogP contribution is -2.03. The lowest BCUT2D eigenvalue weighted by Gasteiger charge is -2.08. The molecule has 0 aliphatic carbocycles. The number of hydrogen-bond donors (Lipinski definition) is 1. The van der Waals surface area contributed by atoms with E-state index < -0.39 is 0 Å². The van der Waals surface area contributed by atoms with Crippen molar-refractivity contribution in [1.29, 1.82) is 0 Å². The molecule has 2 aromatic heterocycles. The Labute approximate surface area is 120 Å². The van der Waals surface area contributed by atoms with Crippen molar-refractivity contribution in [2.75, 3.05) is 5.32 Å². The molecule has 2 aromatic carbocycles. The van der Waals surface area contributed by atoms with Crippen LogP contribution in [0.4, 0.5) is 11.6 Å². The van der Waals surface area contributed by atoms with Gasteiger partial charge in [0.2, 0.25) is 5.95 Å². The highest BCUT2D eigenvalue weighted by atomic mass is 15.5. The molecule has 0 aliphatic rings. The highest BCUT2D eigenvalue weighted by Crippen LogP contribution is 2.21. The third-order valence-corrected chi connectivity index (χ3v) is 3.32. The summed E-state index contributed by atoms with van der Waals surface area (Å²) in [7, 11) is 0.